The van der Waals surface area contributed by atoms with Gasteiger partial charge >= 0.3 is 6.09 Å². The molecule has 0 atom stereocenters. The first-order valence-corrected chi connectivity index (χ1v) is 12.4. The fraction of sp³-hybridized carbons (Fsp3) is 0.357. The number of carbonyl (C=O) groups excluding carboxylic acids is 2. The molecule has 188 valence electrons. The SMILES string of the molecule is CCN(C[C@H]1CC[C@H](CNC(=O)c2cc(-c3ccc(C(N)=O)cc3)nc3ccccc23)CC1)C(=O)O. The van der Waals surface area contributed by atoms with Crippen LogP contribution in [0.25, 0.3) is 22.2 Å². The van der Waals surface area contributed by atoms with E-state index in [0.29, 0.717) is 48.3 Å². The Labute approximate surface area is 210 Å². The average molecular weight is 489 g/mol. The summed E-state index contributed by atoms with van der Waals surface area (Å²) in [4.78, 5) is 42.2. The molecule has 1 aromatic heterocycles. The van der Waals surface area contributed by atoms with E-state index < -0.39 is 12.0 Å². The van der Waals surface area contributed by atoms with E-state index in [0.717, 1.165) is 42.1 Å². The van der Waals surface area contributed by atoms with Gasteiger partial charge in [0, 0.05) is 36.1 Å². The Hall–Kier alpha value is -3.94. The number of aromatic nitrogens is 1. The van der Waals surface area contributed by atoms with Gasteiger partial charge in [-0.25, -0.2) is 9.78 Å². The number of primary amides is 1. The second kappa shape index (κ2) is 11.2. The molecule has 1 aliphatic rings. The minimum absolute atomic E-state index is 0.145. The van der Waals surface area contributed by atoms with Crippen LogP contribution in [0, 0.1) is 11.8 Å². The molecular weight excluding hydrogens is 456 g/mol. The summed E-state index contributed by atoms with van der Waals surface area (Å²) in [7, 11) is 0. The Morgan fingerprint density at radius 1 is 1.03 bits per heavy atom. The van der Waals surface area contributed by atoms with Gasteiger partial charge < -0.3 is 21.1 Å². The third-order valence-electron chi connectivity index (χ3n) is 7.07. The van der Waals surface area contributed by atoms with Crippen LogP contribution >= 0.6 is 0 Å². The van der Waals surface area contributed by atoms with Gasteiger partial charge in [-0.2, -0.15) is 0 Å². The molecule has 0 bridgehead atoms. The Kier molecular flexibility index (Phi) is 7.83. The van der Waals surface area contributed by atoms with Crippen molar-refractivity contribution >= 4 is 28.8 Å². The molecule has 0 unspecified atom stereocenters. The first-order chi connectivity index (χ1) is 17.4. The number of pyridine rings is 1. The van der Waals surface area contributed by atoms with Crippen LogP contribution in [-0.2, 0) is 0 Å². The van der Waals surface area contributed by atoms with Crippen molar-refractivity contribution < 1.29 is 19.5 Å². The lowest BCUT2D eigenvalue weighted by atomic mass is 9.81. The summed E-state index contributed by atoms with van der Waals surface area (Å²) in [5.74, 6) is 0.111. The molecule has 2 aromatic carbocycles. The van der Waals surface area contributed by atoms with Crippen molar-refractivity contribution in [3.05, 3.63) is 65.7 Å². The molecular formula is C28H32N4O4. The Bertz CT molecular complexity index is 1250. The van der Waals surface area contributed by atoms with Crippen molar-refractivity contribution in [3.8, 4) is 11.3 Å². The van der Waals surface area contributed by atoms with E-state index in [4.69, 9.17) is 10.7 Å². The number of nitrogens with two attached hydrogens (primary N) is 1. The van der Waals surface area contributed by atoms with Crippen molar-refractivity contribution in [3.63, 3.8) is 0 Å². The maximum atomic E-state index is 13.3. The van der Waals surface area contributed by atoms with Gasteiger partial charge in [0.05, 0.1) is 16.8 Å². The number of hydrogen-bond acceptors (Lipinski definition) is 4. The largest absolute Gasteiger partial charge is 0.465 e. The smallest absolute Gasteiger partial charge is 0.407 e. The monoisotopic (exact) mass is 488 g/mol. The zero-order chi connectivity index (χ0) is 25.7. The molecule has 1 fully saturated rings. The Morgan fingerprint density at radius 2 is 1.69 bits per heavy atom. The van der Waals surface area contributed by atoms with Gasteiger partial charge in [0.25, 0.3) is 5.91 Å². The fourth-order valence-electron chi connectivity index (χ4n) is 4.92. The second-order valence-corrected chi connectivity index (χ2v) is 9.43. The van der Waals surface area contributed by atoms with E-state index in [1.165, 1.54) is 4.90 Å². The van der Waals surface area contributed by atoms with Gasteiger partial charge in [0.1, 0.15) is 0 Å². The lowest BCUT2D eigenvalue weighted by Crippen LogP contribution is -2.37. The van der Waals surface area contributed by atoms with Crippen LogP contribution in [0.4, 0.5) is 4.79 Å². The highest BCUT2D eigenvalue weighted by atomic mass is 16.4. The Morgan fingerprint density at radius 3 is 2.33 bits per heavy atom. The van der Waals surface area contributed by atoms with Crippen LogP contribution in [0.5, 0.6) is 0 Å². The molecule has 0 spiro atoms. The van der Waals surface area contributed by atoms with Crippen LogP contribution in [0.2, 0.25) is 0 Å². The summed E-state index contributed by atoms with van der Waals surface area (Å²) in [6.07, 6.45) is 3.01. The average Bonchev–Trinajstić information content (AvgIpc) is 2.90. The molecule has 8 nitrogen and oxygen atoms in total. The molecule has 8 heteroatoms. The van der Waals surface area contributed by atoms with E-state index in [1.807, 2.05) is 31.2 Å². The standard InChI is InChI=1S/C28H32N4O4/c1-2-32(28(35)36)17-19-9-7-18(8-10-19)16-30-27(34)23-15-25(31-24-6-4-3-5-22(23)24)20-11-13-21(14-12-20)26(29)33/h3-6,11-15,18-19H,2,7-10,16-17H2,1H3,(H2,29,33)(H,30,34)(H,35,36)/t18-,19-. The zero-order valence-electron chi connectivity index (χ0n) is 20.4. The summed E-state index contributed by atoms with van der Waals surface area (Å²) in [5.41, 5.74) is 8.48. The minimum atomic E-state index is -0.861. The van der Waals surface area contributed by atoms with Gasteiger partial charge in [-0.3, -0.25) is 9.59 Å². The third-order valence-corrected chi connectivity index (χ3v) is 7.07. The molecule has 0 saturated heterocycles. The molecule has 0 aliphatic heterocycles. The van der Waals surface area contributed by atoms with E-state index in [2.05, 4.69) is 5.32 Å². The first-order valence-electron chi connectivity index (χ1n) is 12.4. The highest BCUT2D eigenvalue weighted by molar-refractivity contribution is 6.07. The van der Waals surface area contributed by atoms with Crippen molar-refractivity contribution in [2.24, 2.45) is 17.6 Å². The number of nitrogens with zero attached hydrogens (tertiary/aromatic N) is 2. The molecule has 3 aromatic rings. The number of hydrogen-bond donors (Lipinski definition) is 3. The van der Waals surface area contributed by atoms with Crippen LogP contribution in [0.1, 0.15) is 53.3 Å². The summed E-state index contributed by atoms with van der Waals surface area (Å²) < 4.78 is 0. The lowest BCUT2D eigenvalue weighted by molar-refractivity contribution is 0.0937. The number of nitrogens with one attached hydrogen (secondary N) is 1. The molecule has 1 saturated carbocycles. The van der Waals surface area contributed by atoms with Gasteiger partial charge in [0.15, 0.2) is 0 Å². The maximum absolute atomic E-state index is 13.3. The van der Waals surface area contributed by atoms with Gasteiger partial charge in [-0.05, 0) is 68.7 Å². The topological polar surface area (TPSA) is 126 Å². The van der Waals surface area contributed by atoms with E-state index in [-0.39, 0.29) is 5.91 Å². The number of amides is 3. The number of carboxylic acid groups (broad SMARTS) is 1. The lowest BCUT2D eigenvalue weighted by Gasteiger charge is -2.31. The van der Waals surface area contributed by atoms with Gasteiger partial charge in [0.2, 0.25) is 5.91 Å². The normalized spacial score (nSPS) is 17.5. The predicted octanol–water partition coefficient (Wildman–Crippen LogP) is 4.54. The summed E-state index contributed by atoms with van der Waals surface area (Å²) in [5, 5.41) is 13.2. The van der Waals surface area contributed by atoms with Crippen molar-refractivity contribution in [1.29, 1.82) is 0 Å². The number of fused-ring (bicyclic) bond motifs is 1. The van der Waals surface area contributed by atoms with E-state index in [9.17, 15) is 19.5 Å². The minimum Gasteiger partial charge on any atom is -0.465 e. The maximum Gasteiger partial charge on any atom is 0.407 e. The molecule has 1 heterocycles. The number of carbonyl (C=O) groups is 3. The third kappa shape index (κ3) is 5.82. The predicted molar refractivity (Wildman–Crippen MR) is 139 cm³/mol. The number of rotatable bonds is 8. The molecule has 3 amide bonds. The molecule has 36 heavy (non-hydrogen) atoms. The van der Waals surface area contributed by atoms with Gasteiger partial charge in [-0.15, -0.1) is 0 Å². The number of para-hydroxylation sites is 1. The molecule has 1 aliphatic carbocycles. The van der Waals surface area contributed by atoms with Gasteiger partial charge in [-0.1, -0.05) is 30.3 Å². The molecule has 4 rings (SSSR count). The van der Waals surface area contributed by atoms with Crippen LogP contribution in [0.15, 0.2) is 54.6 Å². The van der Waals surface area contributed by atoms with Crippen LogP contribution in [0.3, 0.4) is 0 Å². The highest BCUT2D eigenvalue weighted by Crippen LogP contribution is 2.30. The van der Waals surface area contributed by atoms with Crippen molar-refractivity contribution in [2.45, 2.75) is 32.6 Å². The summed E-state index contributed by atoms with van der Waals surface area (Å²) in [6, 6.07) is 16.2. The van der Waals surface area contributed by atoms with Crippen molar-refractivity contribution in [2.75, 3.05) is 19.6 Å². The highest BCUT2D eigenvalue weighted by Gasteiger charge is 2.25. The fourth-order valence-corrected chi connectivity index (χ4v) is 4.92. The summed E-state index contributed by atoms with van der Waals surface area (Å²) in [6.45, 7) is 3.53. The molecule has 4 N–H and O–H groups in total. The molecule has 0 radical (unpaired) electrons. The van der Waals surface area contributed by atoms with E-state index >= 15 is 0 Å². The number of benzene rings is 2. The van der Waals surface area contributed by atoms with Crippen LogP contribution < -0.4 is 11.1 Å². The quantitative estimate of drug-likeness (QED) is 0.429. The summed E-state index contributed by atoms with van der Waals surface area (Å²) >= 11 is 0. The van der Waals surface area contributed by atoms with Crippen LogP contribution in [-0.4, -0.2) is 52.5 Å². The second-order valence-electron chi connectivity index (χ2n) is 9.43. The zero-order valence-corrected chi connectivity index (χ0v) is 20.4. The first kappa shape index (κ1) is 25.2. The van der Waals surface area contributed by atoms with E-state index in [1.54, 1.807) is 30.3 Å². The Balaban J connectivity index is 1.44. The van der Waals surface area contributed by atoms with Crippen molar-refractivity contribution in [1.82, 2.24) is 15.2 Å².